The number of hydrogen-bond acceptors (Lipinski definition) is 7. The summed E-state index contributed by atoms with van der Waals surface area (Å²) in [5.41, 5.74) is 1.27. The molecule has 7 heteroatoms. The molecule has 0 saturated carbocycles. The standard InChI is InChI=1S/C22H16O7/c1-13-8-21(24)29-19-10-15(6-7-16(13)19)26-12-22(25)27-11-17(23)20-9-14-4-2-3-5-18(14)28-20/h2-10H,11-12H2,1H3. The van der Waals surface area contributed by atoms with Gasteiger partial charge in [-0.2, -0.15) is 0 Å². The number of ether oxygens (including phenoxy) is 2. The Hall–Kier alpha value is -3.87. The highest BCUT2D eigenvalue weighted by molar-refractivity contribution is 5.99. The number of ketones is 1. The van der Waals surface area contributed by atoms with Gasteiger partial charge in [0.1, 0.15) is 16.9 Å². The maximum Gasteiger partial charge on any atom is 0.344 e. The van der Waals surface area contributed by atoms with Crippen molar-refractivity contribution in [3.05, 3.63) is 76.3 Å². The molecule has 7 nitrogen and oxygen atoms in total. The zero-order valence-corrected chi connectivity index (χ0v) is 15.5. The van der Waals surface area contributed by atoms with Crippen LogP contribution in [0.5, 0.6) is 5.75 Å². The van der Waals surface area contributed by atoms with Gasteiger partial charge in [0.05, 0.1) is 0 Å². The summed E-state index contributed by atoms with van der Waals surface area (Å²) in [6.07, 6.45) is 0. The van der Waals surface area contributed by atoms with Crippen LogP contribution in [0.3, 0.4) is 0 Å². The number of hydrogen-bond donors (Lipinski definition) is 0. The molecule has 0 amide bonds. The molecule has 2 aromatic heterocycles. The Morgan fingerprint density at radius 1 is 0.931 bits per heavy atom. The number of Topliss-reactive ketones (excluding diaryl/α,β-unsaturated/α-hetero) is 1. The van der Waals surface area contributed by atoms with Crippen LogP contribution >= 0.6 is 0 Å². The third-order valence-electron chi connectivity index (χ3n) is 4.34. The molecule has 4 rings (SSSR count). The molecule has 2 aromatic carbocycles. The third-order valence-corrected chi connectivity index (χ3v) is 4.34. The highest BCUT2D eigenvalue weighted by Crippen LogP contribution is 2.22. The van der Waals surface area contributed by atoms with Gasteiger partial charge in [-0.3, -0.25) is 4.79 Å². The molecule has 29 heavy (non-hydrogen) atoms. The average molecular weight is 392 g/mol. The molecule has 146 valence electrons. The van der Waals surface area contributed by atoms with E-state index in [1.54, 1.807) is 37.3 Å². The van der Waals surface area contributed by atoms with E-state index in [0.717, 1.165) is 16.3 Å². The van der Waals surface area contributed by atoms with E-state index in [0.29, 0.717) is 16.9 Å². The summed E-state index contributed by atoms with van der Waals surface area (Å²) < 4.78 is 20.9. The van der Waals surface area contributed by atoms with E-state index in [9.17, 15) is 14.4 Å². The number of carbonyl (C=O) groups excluding carboxylic acids is 2. The Bertz CT molecular complexity index is 1250. The number of benzene rings is 2. The Kier molecular flexibility index (Phi) is 4.87. The van der Waals surface area contributed by atoms with Gasteiger partial charge in [-0.25, -0.2) is 9.59 Å². The summed E-state index contributed by atoms with van der Waals surface area (Å²) in [5, 5.41) is 1.57. The molecule has 0 bridgehead atoms. The lowest BCUT2D eigenvalue weighted by Crippen LogP contribution is -2.19. The van der Waals surface area contributed by atoms with Crippen molar-refractivity contribution >= 4 is 33.7 Å². The van der Waals surface area contributed by atoms with Gasteiger partial charge >= 0.3 is 11.6 Å². The lowest BCUT2D eigenvalue weighted by Gasteiger charge is -2.07. The number of aryl methyl sites for hydroxylation is 1. The maximum atomic E-state index is 12.1. The first-order chi connectivity index (χ1) is 14.0. The predicted octanol–water partition coefficient (Wildman–Crippen LogP) is 3.65. The second-order valence-corrected chi connectivity index (χ2v) is 6.43. The van der Waals surface area contributed by atoms with Crippen molar-refractivity contribution < 1.29 is 27.9 Å². The number of esters is 1. The fourth-order valence-corrected chi connectivity index (χ4v) is 2.92. The van der Waals surface area contributed by atoms with Crippen LogP contribution in [0.4, 0.5) is 0 Å². The quantitative estimate of drug-likeness (QED) is 0.281. The van der Waals surface area contributed by atoms with Crippen molar-refractivity contribution in [3.63, 3.8) is 0 Å². The van der Waals surface area contributed by atoms with Crippen LogP contribution in [0, 0.1) is 6.92 Å². The van der Waals surface area contributed by atoms with Crippen LogP contribution in [0.15, 0.2) is 68.2 Å². The predicted molar refractivity (Wildman–Crippen MR) is 104 cm³/mol. The molecule has 0 aliphatic carbocycles. The molecule has 0 saturated heterocycles. The molecule has 0 atom stereocenters. The molecular weight excluding hydrogens is 376 g/mol. The van der Waals surface area contributed by atoms with Crippen LogP contribution in [0.25, 0.3) is 21.9 Å². The van der Waals surface area contributed by atoms with Gasteiger partial charge in [-0.05, 0) is 36.8 Å². The number of rotatable bonds is 6. The monoisotopic (exact) mass is 392 g/mol. The second kappa shape index (κ2) is 7.63. The number of furan rings is 1. The number of para-hydroxylation sites is 1. The fourth-order valence-electron chi connectivity index (χ4n) is 2.92. The topological polar surface area (TPSA) is 96.0 Å². The van der Waals surface area contributed by atoms with E-state index < -0.39 is 30.6 Å². The lowest BCUT2D eigenvalue weighted by molar-refractivity contribution is -0.144. The maximum absolute atomic E-state index is 12.1. The SMILES string of the molecule is Cc1cc(=O)oc2cc(OCC(=O)OCC(=O)c3cc4ccccc4o3)ccc12. The minimum Gasteiger partial charge on any atom is -0.482 e. The zero-order valence-electron chi connectivity index (χ0n) is 15.5. The third kappa shape index (κ3) is 4.03. The molecule has 0 spiro atoms. The Morgan fingerprint density at radius 3 is 2.59 bits per heavy atom. The van der Waals surface area contributed by atoms with Gasteiger partial charge in [0.15, 0.2) is 19.0 Å². The number of fused-ring (bicyclic) bond motifs is 2. The van der Waals surface area contributed by atoms with Crippen molar-refractivity contribution in [1.29, 1.82) is 0 Å². The molecule has 0 aliphatic heterocycles. The second-order valence-electron chi connectivity index (χ2n) is 6.43. The minimum absolute atomic E-state index is 0.125. The van der Waals surface area contributed by atoms with Gasteiger partial charge in [0.25, 0.3) is 0 Å². The molecule has 0 fully saturated rings. The zero-order chi connectivity index (χ0) is 20.4. The van der Waals surface area contributed by atoms with Gasteiger partial charge < -0.3 is 18.3 Å². The average Bonchev–Trinajstić information content (AvgIpc) is 3.14. The molecule has 0 radical (unpaired) electrons. The minimum atomic E-state index is -0.708. The van der Waals surface area contributed by atoms with E-state index in [1.165, 1.54) is 12.1 Å². The smallest absolute Gasteiger partial charge is 0.344 e. The van der Waals surface area contributed by atoms with Crippen molar-refractivity contribution in [1.82, 2.24) is 0 Å². The molecule has 4 aromatic rings. The highest BCUT2D eigenvalue weighted by atomic mass is 16.6. The van der Waals surface area contributed by atoms with E-state index in [-0.39, 0.29) is 5.76 Å². The Balaban J connectivity index is 1.34. The summed E-state index contributed by atoms with van der Waals surface area (Å²) >= 11 is 0. The molecule has 0 unspecified atom stereocenters. The number of carbonyl (C=O) groups is 2. The Morgan fingerprint density at radius 2 is 1.76 bits per heavy atom. The van der Waals surface area contributed by atoms with Crippen molar-refractivity contribution in [3.8, 4) is 5.75 Å². The highest BCUT2D eigenvalue weighted by Gasteiger charge is 2.15. The molecule has 0 N–H and O–H groups in total. The molecule has 0 aliphatic rings. The normalized spacial score (nSPS) is 10.9. The van der Waals surface area contributed by atoms with E-state index >= 15 is 0 Å². The van der Waals surface area contributed by atoms with Crippen LogP contribution in [0.1, 0.15) is 16.1 Å². The first-order valence-corrected chi connectivity index (χ1v) is 8.84. The summed E-state index contributed by atoms with van der Waals surface area (Å²) in [4.78, 5) is 35.5. The van der Waals surface area contributed by atoms with Gasteiger partial charge in [0.2, 0.25) is 5.78 Å². The summed E-state index contributed by atoms with van der Waals surface area (Å²) in [5.74, 6) is -0.690. The van der Waals surface area contributed by atoms with Crippen LogP contribution in [0.2, 0.25) is 0 Å². The summed E-state index contributed by atoms with van der Waals surface area (Å²) in [6, 6.07) is 15.1. The first kappa shape index (κ1) is 18.5. The van der Waals surface area contributed by atoms with Gasteiger partial charge in [-0.1, -0.05) is 18.2 Å². The largest absolute Gasteiger partial charge is 0.482 e. The van der Waals surface area contributed by atoms with Crippen molar-refractivity contribution in [2.24, 2.45) is 0 Å². The summed E-state index contributed by atoms with van der Waals surface area (Å²) in [7, 11) is 0. The van der Waals surface area contributed by atoms with Gasteiger partial charge in [0, 0.05) is 22.9 Å². The van der Waals surface area contributed by atoms with E-state index in [1.807, 2.05) is 12.1 Å². The molecular formula is C22H16O7. The van der Waals surface area contributed by atoms with Gasteiger partial charge in [-0.15, -0.1) is 0 Å². The van der Waals surface area contributed by atoms with Crippen LogP contribution < -0.4 is 10.4 Å². The fraction of sp³-hybridized carbons (Fsp3) is 0.136. The van der Waals surface area contributed by atoms with Crippen LogP contribution in [-0.2, 0) is 9.53 Å². The van der Waals surface area contributed by atoms with Crippen LogP contribution in [-0.4, -0.2) is 25.0 Å². The lowest BCUT2D eigenvalue weighted by atomic mass is 10.1. The molecule has 2 heterocycles. The summed E-state index contributed by atoms with van der Waals surface area (Å²) in [6.45, 7) is 0.957. The van der Waals surface area contributed by atoms with Crippen molar-refractivity contribution in [2.75, 3.05) is 13.2 Å². The first-order valence-electron chi connectivity index (χ1n) is 8.84. The van der Waals surface area contributed by atoms with E-state index in [2.05, 4.69) is 0 Å². The Labute approximate surface area is 164 Å². The van der Waals surface area contributed by atoms with E-state index in [4.69, 9.17) is 18.3 Å². The van der Waals surface area contributed by atoms with Crippen molar-refractivity contribution in [2.45, 2.75) is 6.92 Å².